The second-order valence-electron chi connectivity index (χ2n) is 9.73. The number of ether oxygens (including phenoxy) is 1. The minimum Gasteiger partial charge on any atom is -0.508 e. The molecule has 5 rings (SSSR count). The highest BCUT2D eigenvalue weighted by Gasteiger charge is 2.15. The third-order valence-electron chi connectivity index (χ3n) is 6.56. The number of esters is 1. The van der Waals surface area contributed by atoms with Crippen LogP contribution in [0.5, 0.6) is 11.5 Å². The van der Waals surface area contributed by atoms with Gasteiger partial charge in [-0.1, -0.05) is 48.0 Å². The van der Waals surface area contributed by atoms with Crippen LogP contribution in [0.2, 0.25) is 0 Å². The zero-order valence-electron chi connectivity index (χ0n) is 22.9. The minimum atomic E-state index is -0.627. The SMILES string of the molecule is Cc1ccc(OC(=O)c2cncc(C(=O)Nc3ccc(C)c(NC(=O)c4ccc(-c5ccc(O)cc5)cc4)c3)c2)cc1. The van der Waals surface area contributed by atoms with E-state index < -0.39 is 11.9 Å². The van der Waals surface area contributed by atoms with Gasteiger partial charge in [0.2, 0.25) is 0 Å². The number of aromatic hydroxyl groups is 1. The first-order chi connectivity index (χ1) is 20.2. The monoisotopic (exact) mass is 557 g/mol. The van der Waals surface area contributed by atoms with E-state index in [4.69, 9.17) is 4.74 Å². The van der Waals surface area contributed by atoms with Crippen LogP contribution in [0.25, 0.3) is 11.1 Å². The number of phenols is 1. The Hall–Kier alpha value is -5.76. The van der Waals surface area contributed by atoms with Crippen molar-refractivity contribution >= 4 is 29.2 Å². The lowest BCUT2D eigenvalue weighted by molar-refractivity contribution is 0.0734. The molecule has 0 bridgehead atoms. The number of hydrogen-bond donors (Lipinski definition) is 3. The van der Waals surface area contributed by atoms with Crippen LogP contribution in [0.3, 0.4) is 0 Å². The molecule has 1 heterocycles. The molecule has 0 saturated carbocycles. The van der Waals surface area contributed by atoms with Crippen LogP contribution in [0.4, 0.5) is 11.4 Å². The maximum Gasteiger partial charge on any atom is 0.345 e. The number of carbonyl (C=O) groups excluding carboxylic acids is 3. The summed E-state index contributed by atoms with van der Waals surface area (Å²) in [7, 11) is 0. The Morgan fingerprint density at radius 3 is 1.98 bits per heavy atom. The number of benzene rings is 4. The summed E-state index contributed by atoms with van der Waals surface area (Å²) in [6.45, 7) is 3.78. The van der Waals surface area contributed by atoms with E-state index in [2.05, 4.69) is 15.6 Å². The van der Waals surface area contributed by atoms with Crippen LogP contribution < -0.4 is 15.4 Å². The third kappa shape index (κ3) is 6.68. The Bertz CT molecular complexity index is 1760. The maximum absolute atomic E-state index is 13.0. The summed E-state index contributed by atoms with van der Waals surface area (Å²) in [4.78, 5) is 42.6. The normalized spacial score (nSPS) is 10.5. The van der Waals surface area contributed by atoms with Gasteiger partial charge in [0, 0.05) is 29.3 Å². The Labute approximate surface area is 242 Å². The molecule has 0 fully saturated rings. The molecule has 3 N–H and O–H groups in total. The second-order valence-corrected chi connectivity index (χ2v) is 9.73. The molecule has 4 aromatic carbocycles. The van der Waals surface area contributed by atoms with Crippen molar-refractivity contribution in [2.45, 2.75) is 13.8 Å². The minimum absolute atomic E-state index is 0.136. The van der Waals surface area contributed by atoms with Crippen LogP contribution >= 0.6 is 0 Å². The van der Waals surface area contributed by atoms with Gasteiger partial charge < -0.3 is 20.5 Å². The number of nitrogens with one attached hydrogen (secondary N) is 2. The topological polar surface area (TPSA) is 118 Å². The standard InChI is InChI=1S/C34H27N3O5/c1-21-3-15-30(16-4-21)42-34(41)27-17-26(19-35-20-27)33(40)36-28-12-5-22(2)31(18-28)37-32(39)25-8-6-23(7-9-25)24-10-13-29(38)14-11-24/h3-20,38H,1-2H3,(H,36,40)(H,37,39). The molecule has 8 heteroatoms. The van der Waals surface area contributed by atoms with Crippen molar-refractivity contribution in [3.8, 4) is 22.6 Å². The Kier molecular flexibility index (Phi) is 8.06. The fraction of sp³-hybridized carbons (Fsp3) is 0.0588. The van der Waals surface area contributed by atoms with Crippen LogP contribution in [0, 0.1) is 13.8 Å². The summed E-state index contributed by atoms with van der Waals surface area (Å²) in [5, 5.41) is 15.2. The summed E-state index contributed by atoms with van der Waals surface area (Å²) in [6.07, 6.45) is 2.70. The lowest BCUT2D eigenvalue weighted by Crippen LogP contribution is -2.16. The van der Waals surface area contributed by atoms with Gasteiger partial charge in [-0.15, -0.1) is 0 Å². The van der Waals surface area contributed by atoms with Crippen molar-refractivity contribution in [1.29, 1.82) is 0 Å². The lowest BCUT2D eigenvalue weighted by atomic mass is 10.0. The molecule has 5 aromatic rings. The smallest absolute Gasteiger partial charge is 0.345 e. The molecular weight excluding hydrogens is 530 g/mol. The first-order valence-corrected chi connectivity index (χ1v) is 13.1. The molecule has 0 saturated heterocycles. The molecule has 0 aliphatic carbocycles. The van der Waals surface area contributed by atoms with Crippen LogP contribution in [0.15, 0.2) is 109 Å². The molecule has 0 spiro atoms. The number of rotatable bonds is 7. The maximum atomic E-state index is 13.0. The number of nitrogens with zero attached hydrogens (tertiary/aromatic N) is 1. The molecule has 42 heavy (non-hydrogen) atoms. The molecule has 0 unspecified atom stereocenters. The third-order valence-corrected chi connectivity index (χ3v) is 6.56. The van der Waals surface area contributed by atoms with E-state index in [0.29, 0.717) is 22.7 Å². The quantitative estimate of drug-likeness (QED) is 0.150. The number of phenolic OH excluding ortho intramolecular Hbond substituents is 1. The van der Waals surface area contributed by atoms with E-state index in [-0.39, 0.29) is 22.8 Å². The first-order valence-electron chi connectivity index (χ1n) is 13.1. The lowest BCUT2D eigenvalue weighted by Gasteiger charge is -2.12. The van der Waals surface area contributed by atoms with Gasteiger partial charge >= 0.3 is 5.97 Å². The molecule has 8 nitrogen and oxygen atoms in total. The summed E-state index contributed by atoms with van der Waals surface area (Å²) in [6, 6.07) is 27.6. The van der Waals surface area contributed by atoms with Gasteiger partial charge in [0.05, 0.1) is 11.1 Å². The zero-order chi connectivity index (χ0) is 29.6. The van der Waals surface area contributed by atoms with Crippen molar-refractivity contribution in [2.75, 3.05) is 10.6 Å². The van der Waals surface area contributed by atoms with E-state index in [0.717, 1.165) is 22.3 Å². The molecule has 0 aliphatic rings. The predicted molar refractivity (Wildman–Crippen MR) is 161 cm³/mol. The van der Waals surface area contributed by atoms with E-state index in [1.807, 2.05) is 38.1 Å². The Balaban J connectivity index is 1.25. The number of carbonyl (C=O) groups is 3. The number of aromatic nitrogens is 1. The molecule has 208 valence electrons. The molecule has 1 aromatic heterocycles. The van der Waals surface area contributed by atoms with Crippen LogP contribution in [-0.4, -0.2) is 27.9 Å². The zero-order valence-corrected chi connectivity index (χ0v) is 22.9. The average molecular weight is 558 g/mol. The summed E-state index contributed by atoms with van der Waals surface area (Å²) in [5.74, 6) is -0.825. The molecular formula is C34H27N3O5. The van der Waals surface area contributed by atoms with Crippen molar-refractivity contribution in [1.82, 2.24) is 4.98 Å². The van der Waals surface area contributed by atoms with E-state index >= 15 is 0 Å². The highest BCUT2D eigenvalue weighted by atomic mass is 16.5. The highest BCUT2D eigenvalue weighted by molar-refractivity contribution is 6.07. The average Bonchev–Trinajstić information content (AvgIpc) is 3.00. The Morgan fingerprint density at radius 2 is 1.29 bits per heavy atom. The van der Waals surface area contributed by atoms with Crippen molar-refractivity contribution in [2.24, 2.45) is 0 Å². The molecule has 0 atom stereocenters. The Morgan fingerprint density at radius 1 is 0.667 bits per heavy atom. The van der Waals surface area contributed by atoms with Gasteiger partial charge in [-0.05, 0) is 85.1 Å². The van der Waals surface area contributed by atoms with Crippen LogP contribution in [0.1, 0.15) is 42.2 Å². The van der Waals surface area contributed by atoms with Crippen molar-refractivity contribution in [3.05, 3.63) is 137 Å². The van der Waals surface area contributed by atoms with Gasteiger partial charge in [-0.25, -0.2) is 4.79 Å². The first kappa shape index (κ1) is 27.8. The fourth-order valence-corrected chi connectivity index (χ4v) is 4.15. The van der Waals surface area contributed by atoms with Gasteiger partial charge in [0.1, 0.15) is 11.5 Å². The van der Waals surface area contributed by atoms with Crippen molar-refractivity contribution in [3.63, 3.8) is 0 Å². The molecule has 0 radical (unpaired) electrons. The number of aryl methyl sites for hydroxylation is 2. The number of hydrogen-bond acceptors (Lipinski definition) is 6. The summed E-state index contributed by atoms with van der Waals surface area (Å²) in [5.41, 5.74) is 5.44. The van der Waals surface area contributed by atoms with Gasteiger partial charge in [-0.2, -0.15) is 0 Å². The predicted octanol–water partition coefficient (Wildman–Crippen LogP) is 6.79. The second kappa shape index (κ2) is 12.2. The van der Waals surface area contributed by atoms with E-state index in [9.17, 15) is 19.5 Å². The number of pyridine rings is 1. The number of amides is 2. The van der Waals surface area contributed by atoms with E-state index in [1.54, 1.807) is 66.7 Å². The van der Waals surface area contributed by atoms with Crippen molar-refractivity contribution < 1.29 is 24.2 Å². The summed E-state index contributed by atoms with van der Waals surface area (Å²) < 4.78 is 5.38. The fourth-order valence-electron chi connectivity index (χ4n) is 4.15. The van der Waals surface area contributed by atoms with E-state index in [1.165, 1.54) is 18.5 Å². The number of anilines is 2. The highest BCUT2D eigenvalue weighted by Crippen LogP contribution is 2.25. The van der Waals surface area contributed by atoms with Crippen LogP contribution in [-0.2, 0) is 0 Å². The van der Waals surface area contributed by atoms with Gasteiger partial charge in [-0.3, -0.25) is 14.6 Å². The van der Waals surface area contributed by atoms with Gasteiger partial charge in [0.15, 0.2) is 0 Å². The molecule has 0 aliphatic heterocycles. The largest absolute Gasteiger partial charge is 0.508 e. The van der Waals surface area contributed by atoms with Gasteiger partial charge in [0.25, 0.3) is 11.8 Å². The summed E-state index contributed by atoms with van der Waals surface area (Å²) >= 11 is 0. The molecule has 2 amide bonds.